The molecule has 0 aliphatic heterocycles. The van der Waals surface area contributed by atoms with Gasteiger partial charge in [0.2, 0.25) is 0 Å². The van der Waals surface area contributed by atoms with Gasteiger partial charge in [-0.3, -0.25) is 4.99 Å². The number of aliphatic hydroxyl groups is 1. The van der Waals surface area contributed by atoms with Gasteiger partial charge in [-0.25, -0.2) is 0 Å². The number of aliphatic imine (C=N–C) groups is 1. The molecular weight excluding hydrogens is 250 g/mol. The lowest BCUT2D eigenvalue weighted by Gasteiger charge is -2.29. The molecule has 2 aliphatic carbocycles. The third kappa shape index (κ3) is 4.65. The molecule has 4 nitrogen and oxygen atoms in total. The minimum Gasteiger partial charge on any atom is -0.388 e. The molecule has 3 N–H and O–H groups in total. The van der Waals surface area contributed by atoms with Crippen LogP contribution in [0.25, 0.3) is 0 Å². The van der Waals surface area contributed by atoms with E-state index in [9.17, 15) is 5.11 Å². The van der Waals surface area contributed by atoms with Crippen molar-refractivity contribution in [1.82, 2.24) is 10.6 Å². The zero-order valence-corrected chi connectivity index (χ0v) is 13.1. The van der Waals surface area contributed by atoms with Crippen LogP contribution >= 0.6 is 0 Å². The van der Waals surface area contributed by atoms with Gasteiger partial charge in [-0.05, 0) is 38.5 Å². The van der Waals surface area contributed by atoms with E-state index in [4.69, 9.17) is 0 Å². The number of hydrogen-bond donors (Lipinski definition) is 3. The Morgan fingerprint density at radius 2 is 2.00 bits per heavy atom. The summed E-state index contributed by atoms with van der Waals surface area (Å²) in [6.07, 6.45) is 9.19. The van der Waals surface area contributed by atoms with Crippen LogP contribution in [0.4, 0.5) is 0 Å². The van der Waals surface area contributed by atoms with Crippen LogP contribution in [-0.2, 0) is 0 Å². The highest BCUT2D eigenvalue weighted by atomic mass is 16.3. The summed E-state index contributed by atoms with van der Waals surface area (Å²) in [7, 11) is 0. The van der Waals surface area contributed by atoms with Crippen LogP contribution in [0.3, 0.4) is 0 Å². The Kier molecular flexibility index (Phi) is 5.70. The largest absolute Gasteiger partial charge is 0.388 e. The molecule has 0 saturated heterocycles. The lowest BCUT2D eigenvalue weighted by Crippen LogP contribution is -2.46. The van der Waals surface area contributed by atoms with E-state index < -0.39 is 5.60 Å². The molecule has 2 rings (SSSR count). The third-order valence-electron chi connectivity index (χ3n) is 4.69. The first-order valence-electron chi connectivity index (χ1n) is 8.38. The molecular formula is C16H31N3O. The Labute approximate surface area is 123 Å². The molecule has 0 heterocycles. The van der Waals surface area contributed by atoms with Gasteiger partial charge in [0.15, 0.2) is 5.96 Å². The smallest absolute Gasteiger partial charge is 0.191 e. The van der Waals surface area contributed by atoms with Crippen molar-refractivity contribution in [3.63, 3.8) is 0 Å². The predicted molar refractivity (Wildman–Crippen MR) is 84.0 cm³/mol. The SMILES string of the molecule is CCNC(=NCC1(O)CCCC1)NC1CCCC(C)C1. The fourth-order valence-electron chi connectivity index (χ4n) is 3.50. The minimum atomic E-state index is -0.553. The molecule has 0 aromatic heterocycles. The lowest BCUT2D eigenvalue weighted by molar-refractivity contribution is 0.0574. The number of nitrogens with one attached hydrogen (secondary N) is 2. The lowest BCUT2D eigenvalue weighted by atomic mass is 9.87. The molecule has 0 aromatic carbocycles. The number of rotatable bonds is 4. The van der Waals surface area contributed by atoms with Crippen molar-refractivity contribution in [1.29, 1.82) is 0 Å². The Morgan fingerprint density at radius 1 is 1.25 bits per heavy atom. The Morgan fingerprint density at radius 3 is 2.65 bits per heavy atom. The second kappa shape index (κ2) is 7.30. The van der Waals surface area contributed by atoms with Crippen molar-refractivity contribution in [3.05, 3.63) is 0 Å². The molecule has 4 heteroatoms. The van der Waals surface area contributed by atoms with Crippen LogP contribution in [0.1, 0.15) is 65.2 Å². The van der Waals surface area contributed by atoms with E-state index in [1.54, 1.807) is 0 Å². The molecule has 2 unspecified atom stereocenters. The van der Waals surface area contributed by atoms with E-state index in [0.717, 1.165) is 44.1 Å². The first kappa shape index (κ1) is 15.6. The molecule has 2 fully saturated rings. The van der Waals surface area contributed by atoms with Crippen molar-refractivity contribution in [3.8, 4) is 0 Å². The van der Waals surface area contributed by atoms with Crippen molar-refractivity contribution in [2.45, 2.75) is 76.9 Å². The summed E-state index contributed by atoms with van der Waals surface area (Å²) in [5.41, 5.74) is -0.553. The zero-order chi connectivity index (χ0) is 14.4. The Bertz CT molecular complexity index is 324. The molecule has 116 valence electrons. The predicted octanol–water partition coefficient (Wildman–Crippen LogP) is 2.43. The maximum atomic E-state index is 10.4. The van der Waals surface area contributed by atoms with Gasteiger partial charge in [0.25, 0.3) is 0 Å². The van der Waals surface area contributed by atoms with Gasteiger partial charge in [-0.2, -0.15) is 0 Å². The van der Waals surface area contributed by atoms with Gasteiger partial charge >= 0.3 is 0 Å². The number of guanidine groups is 1. The van der Waals surface area contributed by atoms with Crippen molar-refractivity contribution in [2.24, 2.45) is 10.9 Å². The van der Waals surface area contributed by atoms with Crippen molar-refractivity contribution < 1.29 is 5.11 Å². The third-order valence-corrected chi connectivity index (χ3v) is 4.69. The van der Waals surface area contributed by atoms with Gasteiger partial charge in [-0.1, -0.05) is 32.6 Å². The second-order valence-corrected chi connectivity index (χ2v) is 6.74. The molecule has 2 aliphatic rings. The number of nitrogens with zero attached hydrogens (tertiary/aromatic N) is 1. The standard InChI is InChI=1S/C16H31N3O/c1-3-17-15(18-12-16(20)9-4-5-10-16)19-14-8-6-7-13(2)11-14/h13-14,20H,3-12H2,1-2H3,(H2,17,18,19). The normalized spacial score (nSPS) is 30.2. The minimum absolute atomic E-state index is 0.532. The second-order valence-electron chi connectivity index (χ2n) is 6.74. The van der Waals surface area contributed by atoms with Crippen LogP contribution in [-0.4, -0.2) is 35.8 Å². The van der Waals surface area contributed by atoms with E-state index in [-0.39, 0.29) is 0 Å². The van der Waals surface area contributed by atoms with Gasteiger partial charge in [0, 0.05) is 12.6 Å². The molecule has 0 aromatic rings. The number of hydrogen-bond acceptors (Lipinski definition) is 2. The monoisotopic (exact) mass is 281 g/mol. The zero-order valence-electron chi connectivity index (χ0n) is 13.1. The summed E-state index contributed by atoms with van der Waals surface area (Å²) in [5, 5.41) is 17.3. The average molecular weight is 281 g/mol. The first-order valence-corrected chi connectivity index (χ1v) is 8.38. The maximum Gasteiger partial charge on any atom is 0.191 e. The summed E-state index contributed by atoms with van der Waals surface area (Å²) in [6.45, 7) is 5.82. The Hall–Kier alpha value is -0.770. The van der Waals surface area contributed by atoms with Crippen LogP contribution in [0.2, 0.25) is 0 Å². The van der Waals surface area contributed by atoms with E-state index in [2.05, 4.69) is 29.5 Å². The molecule has 0 radical (unpaired) electrons. The summed E-state index contributed by atoms with van der Waals surface area (Å²) in [4.78, 5) is 4.63. The van der Waals surface area contributed by atoms with E-state index in [1.807, 2.05) is 0 Å². The highest BCUT2D eigenvalue weighted by Crippen LogP contribution is 2.29. The van der Waals surface area contributed by atoms with Gasteiger partial charge in [-0.15, -0.1) is 0 Å². The van der Waals surface area contributed by atoms with Crippen LogP contribution < -0.4 is 10.6 Å². The van der Waals surface area contributed by atoms with Crippen molar-refractivity contribution >= 4 is 5.96 Å². The topological polar surface area (TPSA) is 56.7 Å². The quantitative estimate of drug-likeness (QED) is 0.548. The summed E-state index contributed by atoms with van der Waals surface area (Å²) in [5.74, 6) is 1.69. The van der Waals surface area contributed by atoms with Gasteiger partial charge in [0.05, 0.1) is 12.1 Å². The highest BCUT2D eigenvalue weighted by molar-refractivity contribution is 5.80. The summed E-state index contributed by atoms with van der Waals surface area (Å²) < 4.78 is 0. The van der Waals surface area contributed by atoms with Crippen LogP contribution in [0.5, 0.6) is 0 Å². The van der Waals surface area contributed by atoms with E-state index in [0.29, 0.717) is 12.6 Å². The fraction of sp³-hybridized carbons (Fsp3) is 0.938. The van der Waals surface area contributed by atoms with Crippen LogP contribution in [0.15, 0.2) is 4.99 Å². The first-order chi connectivity index (χ1) is 9.61. The molecule has 2 atom stereocenters. The summed E-state index contributed by atoms with van der Waals surface area (Å²) >= 11 is 0. The summed E-state index contributed by atoms with van der Waals surface area (Å²) in [6, 6.07) is 0.537. The molecule has 2 saturated carbocycles. The maximum absolute atomic E-state index is 10.4. The van der Waals surface area contributed by atoms with Gasteiger partial charge in [0.1, 0.15) is 0 Å². The van der Waals surface area contributed by atoms with E-state index >= 15 is 0 Å². The van der Waals surface area contributed by atoms with Crippen molar-refractivity contribution in [2.75, 3.05) is 13.1 Å². The molecule has 20 heavy (non-hydrogen) atoms. The van der Waals surface area contributed by atoms with E-state index in [1.165, 1.54) is 25.7 Å². The average Bonchev–Trinajstić information content (AvgIpc) is 2.84. The highest BCUT2D eigenvalue weighted by Gasteiger charge is 2.31. The van der Waals surface area contributed by atoms with Gasteiger partial charge < -0.3 is 15.7 Å². The fourth-order valence-corrected chi connectivity index (χ4v) is 3.50. The molecule has 0 spiro atoms. The van der Waals surface area contributed by atoms with Crippen LogP contribution in [0, 0.1) is 5.92 Å². The Balaban J connectivity index is 1.88. The molecule has 0 amide bonds. The molecule has 0 bridgehead atoms.